The maximum atomic E-state index is 14.0. The van der Waals surface area contributed by atoms with Gasteiger partial charge in [-0.3, -0.25) is 24.6 Å². The Balaban J connectivity index is 1.72. The molecule has 0 radical (unpaired) electrons. The zero-order valence-electron chi connectivity index (χ0n) is 19.5. The molecular weight excluding hydrogens is 462 g/mol. The van der Waals surface area contributed by atoms with Gasteiger partial charge in [-0.1, -0.05) is 67.6 Å². The van der Waals surface area contributed by atoms with E-state index < -0.39 is 11.0 Å². The lowest BCUT2D eigenvalue weighted by molar-refractivity contribution is -0.380. The number of fused-ring (bicyclic) bond motifs is 1. The van der Waals surface area contributed by atoms with Crippen LogP contribution in [0.2, 0.25) is 0 Å². The van der Waals surface area contributed by atoms with Crippen LogP contribution in [-0.2, 0) is 16.0 Å². The molecule has 178 valence electrons. The maximum Gasteiger partial charge on any atom is 0.324 e. The zero-order valence-corrected chi connectivity index (χ0v) is 20.3. The van der Waals surface area contributed by atoms with Gasteiger partial charge in [0.25, 0.3) is 0 Å². The van der Waals surface area contributed by atoms with Gasteiger partial charge in [-0.15, -0.1) is 0 Å². The minimum atomic E-state index is -0.750. The van der Waals surface area contributed by atoms with Gasteiger partial charge in [0, 0.05) is 28.6 Å². The van der Waals surface area contributed by atoms with E-state index in [4.69, 9.17) is 0 Å². The van der Waals surface area contributed by atoms with Crippen molar-refractivity contribution in [1.82, 2.24) is 0 Å². The molecule has 3 aromatic rings. The predicted octanol–water partition coefficient (Wildman–Crippen LogP) is 6.04. The molecule has 2 aromatic carbocycles. The van der Waals surface area contributed by atoms with Crippen LogP contribution in [0.4, 0.5) is 16.4 Å². The third-order valence-corrected chi connectivity index (χ3v) is 7.52. The summed E-state index contributed by atoms with van der Waals surface area (Å²) < 4.78 is 0. The number of nitrogens with zero attached hydrogens (tertiary/aromatic N) is 2. The Kier molecular flexibility index (Phi) is 5.76. The molecule has 2 heterocycles. The van der Waals surface area contributed by atoms with Crippen molar-refractivity contribution in [2.24, 2.45) is 5.41 Å². The van der Waals surface area contributed by atoms with Crippen molar-refractivity contribution in [2.45, 2.75) is 39.2 Å². The average Bonchev–Trinajstić information content (AvgIpc) is 3.24. The monoisotopic (exact) mass is 487 g/mol. The summed E-state index contributed by atoms with van der Waals surface area (Å²) in [5, 5.41) is 14.9. The van der Waals surface area contributed by atoms with Crippen molar-refractivity contribution in [2.75, 3.05) is 10.2 Å². The van der Waals surface area contributed by atoms with Crippen molar-refractivity contribution >= 4 is 39.4 Å². The predicted molar refractivity (Wildman–Crippen MR) is 136 cm³/mol. The Morgan fingerprint density at radius 1 is 1.09 bits per heavy atom. The highest BCUT2D eigenvalue weighted by atomic mass is 32.1. The van der Waals surface area contributed by atoms with Crippen LogP contribution in [0, 0.1) is 15.5 Å². The number of para-hydroxylation sites is 2. The number of carbonyl (C=O) groups excluding carboxylic acids is 2. The number of thiophene rings is 1. The van der Waals surface area contributed by atoms with Crippen LogP contribution in [-0.4, -0.2) is 16.6 Å². The summed E-state index contributed by atoms with van der Waals surface area (Å²) in [5.41, 5.74) is 3.28. The second-order valence-electron chi connectivity index (χ2n) is 9.74. The number of carbonyl (C=O) groups is 2. The third kappa shape index (κ3) is 4.37. The molecule has 2 aliphatic rings. The lowest BCUT2D eigenvalue weighted by Gasteiger charge is -2.36. The smallest absolute Gasteiger partial charge is 0.324 e. The number of anilines is 2. The average molecular weight is 488 g/mol. The Hall–Kier alpha value is -3.78. The first-order valence-corrected chi connectivity index (χ1v) is 12.3. The van der Waals surface area contributed by atoms with Crippen molar-refractivity contribution in [3.63, 3.8) is 0 Å². The quantitative estimate of drug-likeness (QED) is 0.358. The SMILES string of the molecule is CC1(C)CC(=O)C2=C(C1)Nc1ccccc1N(C(=O)Cc1ccccc1)[C@@H]2c1ccc([N+](=O)[O-])s1. The molecule has 0 saturated carbocycles. The molecule has 5 rings (SSSR count). The molecule has 0 unspecified atom stereocenters. The van der Waals surface area contributed by atoms with Gasteiger partial charge in [-0.2, -0.15) is 0 Å². The molecule has 0 spiro atoms. The van der Waals surface area contributed by atoms with Crippen LogP contribution in [0.3, 0.4) is 0 Å². The molecule has 8 heteroatoms. The summed E-state index contributed by atoms with van der Waals surface area (Å²) in [6.07, 6.45) is 1.11. The minimum Gasteiger partial charge on any atom is -0.357 e. The van der Waals surface area contributed by atoms with Crippen molar-refractivity contribution < 1.29 is 14.5 Å². The molecule has 35 heavy (non-hydrogen) atoms. The van der Waals surface area contributed by atoms with Crippen molar-refractivity contribution in [3.05, 3.63) is 98.6 Å². The van der Waals surface area contributed by atoms with Crippen LogP contribution in [0.1, 0.15) is 43.2 Å². The summed E-state index contributed by atoms with van der Waals surface area (Å²) in [4.78, 5) is 40.9. The van der Waals surface area contributed by atoms with Crippen molar-refractivity contribution in [1.29, 1.82) is 0 Å². The number of benzene rings is 2. The summed E-state index contributed by atoms with van der Waals surface area (Å²) in [7, 11) is 0. The van der Waals surface area contributed by atoms with Crippen LogP contribution in [0.25, 0.3) is 0 Å². The standard InChI is InChI=1S/C27H25N3O4S/c1-27(2)15-19-25(21(31)16-27)26(22-12-13-24(35-22)30(33)34)29(20-11-7-6-10-18(20)28-19)23(32)14-17-8-4-3-5-9-17/h3-13,26,28H,14-16H2,1-2H3/t26-/m1/s1. The molecule has 1 amide bonds. The fraction of sp³-hybridized carbons (Fsp3) is 0.259. The molecule has 0 bridgehead atoms. The fourth-order valence-electron chi connectivity index (χ4n) is 4.97. The Bertz CT molecular complexity index is 1360. The van der Waals surface area contributed by atoms with E-state index >= 15 is 0 Å². The second kappa shape index (κ2) is 8.78. The molecule has 0 fully saturated rings. The van der Waals surface area contributed by atoms with Crippen LogP contribution in [0.15, 0.2) is 78.0 Å². The lowest BCUT2D eigenvalue weighted by Crippen LogP contribution is -2.40. The highest BCUT2D eigenvalue weighted by molar-refractivity contribution is 7.15. The summed E-state index contributed by atoms with van der Waals surface area (Å²) in [5.74, 6) is -0.229. The Morgan fingerprint density at radius 2 is 1.80 bits per heavy atom. The molecule has 0 saturated heterocycles. The first kappa shape index (κ1) is 23.0. The number of nitro groups is 1. The molecule has 1 atom stereocenters. The Labute approximate surface area is 207 Å². The normalized spacial score (nSPS) is 18.9. The fourth-order valence-corrected chi connectivity index (χ4v) is 5.90. The number of nitrogens with one attached hydrogen (secondary N) is 1. The summed E-state index contributed by atoms with van der Waals surface area (Å²) in [6.45, 7) is 4.10. The van der Waals surface area contributed by atoms with E-state index in [0.29, 0.717) is 29.0 Å². The minimum absolute atomic E-state index is 0.0216. The Morgan fingerprint density at radius 3 is 2.51 bits per heavy atom. The van der Waals surface area contributed by atoms with Gasteiger partial charge < -0.3 is 5.32 Å². The van der Waals surface area contributed by atoms with Crippen LogP contribution < -0.4 is 10.2 Å². The first-order chi connectivity index (χ1) is 16.7. The zero-order chi connectivity index (χ0) is 24.7. The van der Waals surface area contributed by atoms with Gasteiger partial charge in [0.15, 0.2) is 5.78 Å². The first-order valence-electron chi connectivity index (χ1n) is 11.5. The van der Waals surface area contributed by atoms with E-state index in [9.17, 15) is 19.7 Å². The van der Waals surface area contributed by atoms with Crippen LogP contribution in [0.5, 0.6) is 0 Å². The summed E-state index contributed by atoms with van der Waals surface area (Å²) in [6, 6.07) is 19.3. The molecule has 1 aromatic heterocycles. The highest BCUT2D eigenvalue weighted by Crippen LogP contribution is 2.50. The molecule has 7 nitrogen and oxygen atoms in total. The lowest BCUT2D eigenvalue weighted by atomic mass is 9.74. The van der Waals surface area contributed by atoms with Gasteiger partial charge in [-0.25, -0.2) is 0 Å². The van der Waals surface area contributed by atoms with Gasteiger partial charge in [0.05, 0.1) is 22.7 Å². The molecule has 1 aliphatic carbocycles. The number of hydrogen-bond donors (Lipinski definition) is 1. The highest BCUT2D eigenvalue weighted by Gasteiger charge is 2.44. The second-order valence-corrected chi connectivity index (χ2v) is 10.8. The van der Waals surface area contributed by atoms with Crippen LogP contribution >= 0.6 is 11.3 Å². The molecule has 1 N–H and O–H groups in total. The van der Waals surface area contributed by atoms with Gasteiger partial charge in [-0.05, 0) is 35.6 Å². The number of amides is 1. The van der Waals surface area contributed by atoms with Gasteiger partial charge in [0.2, 0.25) is 5.91 Å². The van der Waals surface area contributed by atoms with E-state index in [0.717, 1.165) is 28.3 Å². The van der Waals surface area contributed by atoms with E-state index in [1.54, 1.807) is 11.0 Å². The molecular formula is C27H25N3O4S. The van der Waals surface area contributed by atoms with Crippen molar-refractivity contribution in [3.8, 4) is 0 Å². The van der Waals surface area contributed by atoms with E-state index in [1.807, 2.05) is 54.6 Å². The number of rotatable bonds is 4. The largest absolute Gasteiger partial charge is 0.357 e. The number of hydrogen-bond acceptors (Lipinski definition) is 6. The van der Waals surface area contributed by atoms with E-state index in [2.05, 4.69) is 19.2 Å². The number of allylic oxidation sites excluding steroid dienone is 1. The number of Topliss-reactive ketones (excluding diaryl/α,β-unsaturated/α-hetero) is 1. The maximum absolute atomic E-state index is 14.0. The summed E-state index contributed by atoms with van der Waals surface area (Å²) >= 11 is 1.01. The molecule has 1 aliphatic heterocycles. The third-order valence-electron chi connectivity index (χ3n) is 6.43. The van der Waals surface area contributed by atoms with Gasteiger partial charge in [0.1, 0.15) is 6.04 Å². The number of ketones is 1. The topological polar surface area (TPSA) is 92.6 Å². The van der Waals surface area contributed by atoms with Gasteiger partial charge >= 0.3 is 5.00 Å². The van der Waals surface area contributed by atoms with E-state index in [-0.39, 0.29) is 28.5 Å². The van der Waals surface area contributed by atoms with E-state index in [1.165, 1.54) is 6.07 Å².